The van der Waals surface area contributed by atoms with Crippen molar-refractivity contribution >= 4 is 34.5 Å². The molecule has 1 fully saturated rings. The third kappa shape index (κ3) is 3.14. The van der Waals surface area contributed by atoms with E-state index in [2.05, 4.69) is 10.6 Å². The first-order valence-corrected chi connectivity index (χ1v) is 7.99. The number of carbonyl (C=O) groups excluding carboxylic acids is 1. The zero-order valence-electron chi connectivity index (χ0n) is 11.7. The Bertz CT molecular complexity index is 716. The standard InChI is InChI=1S/C14H17N3O3S/c1-17-11-3-2-9(6-12(11)20-14(17)19)16-13(18)7-10-8-21-5-4-15-10/h2-3,6,10,15H,4-5,7-8H2,1H3,(H,16,18). The van der Waals surface area contributed by atoms with E-state index in [1.165, 1.54) is 4.57 Å². The molecule has 1 atom stereocenters. The van der Waals surface area contributed by atoms with E-state index in [-0.39, 0.29) is 11.9 Å². The van der Waals surface area contributed by atoms with Crippen molar-refractivity contribution in [2.24, 2.45) is 7.05 Å². The highest BCUT2D eigenvalue weighted by Gasteiger charge is 2.17. The van der Waals surface area contributed by atoms with Gasteiger partial charge in [-0.2, -0.15) is 11.8 Å². The SMILES string of the molecule is Cn1c(=O)oc2cc(NC(=O)CC3CSCCN3)ccc21. The van der Waals surface area contributed by atoms with Crippen LogP contribution in [0.4, 0.5) is 5.69 Å². The third-order valence-corrected chi connectivity index (χ3v) is 4.64. The highest BCUT2D eigenvalue weighted by Crippen LogP contribution is 2.18. The number of anilines is 1. The van der Waals surface area contributed by atoms with Crippen LogP contribution in [0.15, 0.2) is 27.4 Å². The molecule has 0 bridgehead atoms. The maximum atomic E-state index is 12.0. The lowest BCUT2D eigenvalue weighted by molar-refractivity contribution is -0.116. The fourth-order valence-electron chi connectivity index (χ4n) is 2.40. The molecule has 1 unspecified atom stereocenters. The molecule has 0 saturated carbocycles. The van der Waals surface area contributed by atoms with E-state index in [0.29, 0.717) is 23.2 Å². The van der Waals surface area contributed by atoms with Crippen molar-refractivity contribution in [1.29, 1.82) is 0 Å². The Morgan fingerprint density at radius 3 is 3.19 bits per heavy atom. The molecule has 2 heterocycles. The predicted molar refractivity (Wildman–Crippen MR) is 83.8 cm³/mol. The normalized spacial score (nSPS) is 18.8. The van der Waals surface area contributed by atoms with Crippen molar-refractivity contribution in [1.82, 2.24) is 9.88 Å². The Kier molecular flexibility index (Phi) is 4.03. The molecule has 1 aliphatic heterocycles. The predicted octanol–water partition coefficient (Wildman–Crippen LogP) is 1.17. The molecule has 1 aromatic carbocycles. The summed E-state index contributed by atoms with van der Waals surface area (Å²) < 4.78 is 6.55. The Morgan fingerprint density at radius 2 is 2.43 bits per heavy atom. The van der Waals surface area contributed by atoms with E-state index < -0.39 is 5.76 Å². The van der Waals surface area contributed by atoms with Gasteiger partial charge in [0.2, 0.25) is 5.91 Å². The fraction of sp³-hybridized carbons (Fsp3) is 0.429. The summed E-state index contributed by atoms with van der Waals surface area (Å²) in [5, 5.41) is 6.18. The fourth-order valence-corrected chi connectivity index (χ4v) is 3.35. The first-order chi connectivity index (χ1) is 10.1. The van der Waals surface area contributed by atoms with Crippen molar-refractivity contribution in [2.75, 3.05) is 23.4 Å². The largest absolute Gasteiger partial charge is 0.419 e. The summed E-state index contributed by atoms with van der Waals surface area (Å²) in [5.74, 6) is 1.62. The van der Waals surface area contributed by atoms with Gasteiger partial charge in [0, 0.05) is 49.3 Å². The van der Waals surface area contributed by atoms with E-state index >= 15 is 0 Å². The van der Waals surface area contributed by atoms with Crippen LogP contribution in [0.3, 0.4) is 0 Å². The second kappa shape index (κ2) is 5.95. The number of thioether (sulfide) groups is 1. The molecule has 1 aromatic heterocycles. The van der Waals surface area contributed by atoms with Crippen molar-refractivity contribution in [3.05, 3.63) is 28.7 Å². The van der Waals surface area contributed by atoms with Gasteiger partial charge >= 0.3 is 5.76 Å². The minimum atomic E-state index is -0.406. The van der Waals surface area contributed by atoms with Gasteiger partial charge in [-0.15, -0.1) is 0 Å². The van der Waals surface area contributed by atoms with Gasteiger partial charge in [-0.1, -0.05) is 0 Å². The van der Waals surface area contributed by atoms with Gasteiger partial charge in [-0.05, 0) is 12.1 Å². The van der Waals surface area contributed by atoms with Crippen LogP contribution in [0.5, 0.6) is 0 Å². The van der Waals surface area contributed by atoms with Crippen molar-refractivity contribution < 1.29 is 9.21 Å². The second-order valence-electron chi connectivity index (χ2n) is 5.09. The maximum Gasteiger partial charge on any atom is 0.419 e. The van der Waals surface area contributed by atoms with E-state index in [9.17, 15) is 9.59 Å². The third-order valence-electron chi connectivity index (χ3n) is 3.51. The summed E-state index contributed by atoms with van der Waals surface area (Å²) in [7, 11) is 1.65. The van der Waals surface area contributed by atoms with Crippen LogP contribution in [0.1, 0.15) is 6.42 Å². The van der Waals surface area contributed by atoms with E-state index in [4.69, 9.17) is 4.42 Å². The maximum absolute atomic E-state index is 12.0. The van der Waals surface area contributed by atoms with Gasteiger partial charge in [0.1, 0.15) is 0 Å². The van der Waals surface area contributed by atoms with Gasteiger partial charge in [0.25, 0.3) is 0 Å². The average Bonchev–Trinajstić information content (AvgIpc) is 2.74. The van der Waals surface area contributed by atoms with Crippen molar-refractivity contribution in [3.63, 3.8) is 0 Å². The van der Waals surface area contributed by atoms with Gasteiger partial charge in [-0.3, -0.25) is 9.36 Å². The molecule has 1 amide bonds. The monoisotopic (exact) mass is 307 g/mol. The van der Waals surface area contributed by atoms with Crippen molar-refractivity contribution in [2.45, 2.75) is 12.5 Å². The van der Waals surface area contributed by atoms with Crippen LogP contribution in [0.25, 0.3) is 11.1 Å². The zero-order chi connectivity index (χ0) is 14.8. The molecule has 1 saturated heterocycles. The summed E-state index contributed by atoms with van der Waals surface area (Å²) in [6, 6.07) is 5.45. The van der Waals surface area contributed by atoms with Crippen LogP contribution in [0.2, 0.25) is 0 Å². The van der Waals surface area contributed by atoms with E-state index in [0.717, 1.165) is 18.1 Å². The van der Waals surface area contributed by atoms with Gasteiger partial charge in [-0.25, -0.2) is 4.79 Å². The quantitative estimate of drug-likeness (QED) is 0.890. The van der Waals surface area contributed by atoms with Crippen molar-refractivity contribution in [3.8, 4) is 0 Å². The molecule has 0 aliphatic carbocycles. The zero-order valence-corrected chi connectivity index (χ0v) is 12.5. The first-order valence-electron chi connectivity index (χ1n) is 6.84. The Morgan fingerprint density at radius 1 is 1.57 bits per heavy atom. The summed E-state index contributed by atoms with van der Waals surface area (Å²) in [6.45, 7) is 0.948. The van der Waals surface area contributed by atoms with Crippen LogP contribution in [0, 0.1) is 0 Å². The lowest BCUT2D eigenvalue weighted by Gasteiger charge is -2.22. The van der Waals surface area contributed by atoms with Crippen LogP contribution >= 0.6 is 11.8 Å². The first kappa shape index (κ1) is 14.2. The van der Waals surface area contributed by atoms with Gasteiger partial charge < -0.3 is 15.1 Å². The number of rotatable bonds is 3. The molecule has 1 aliphatic rings. The molecule has 112 valence electrons. The lowest BCUT2D eigenvalue weighted by atomic mass is 10.2. The minimum Gasteiger partial charge on any atom is -0.408 e. The smallest absolute Gasteiger partial charge is 0.408 e. The van der Waals surface area contributed by atoms with E-state index in [1.807, 2.05) is 11.8 Å². The van der Waals surface area contributed by atoms with E-state index in [1.54, 1.807) is 25.2 Å². The molecule has 2 N–H and O–H groups in total. The molecular weight excluding hydrogens is 290 g/mol. The number of nitrogens with one attached hydrogen (secondary N) is 2. The lowest BCUT2D eigenvalue weighted by Crippen LogP contribution is -2.39. The molecule has 6 nitrogen and oxygen atoms in total. The summed E-state index contributed by atoms with van der Waals surface area (Å²) >= 11 is 1.86. The van der Waals surface area contributed by atoms with Crippen LogP contribution < -0.4 is 16.4 Å². The molecular formula is C14H17N3O3S. The minimum absolute atomic E-state index is 0.0346. The number of amides is 1. The van der Waals surface area contributed by atoms with Gasteiger partial charge in [0.05, 0.1) is 5.52 Å². The number of benzene rings is 1. The summed E-state index contributed by atoms with van der Waals surface area (Å²) in [6.07, 6.45) is 0.448. The molecule has 2 aromatic rings. The second-order valence-corrected chi connectivity index (χ2v) is 6.24. The number of carbonyl (C=O) groups is 1. The van der Waals surface area contributed by atoms with Crippen LogP contribution in [-0.4, -0.2) is 34.6 Å². The Labute approximate surface area is 125 Å². The molecule has 21 heavy (non-hydrogen) atoms. The average molecular weight is 307 g/mol. The van der Waals surface area contributed by atoms with Crippen LogP contribution in [-0.2, 0) is 11.8 Å². The number of hydrogen-bond donors (Lipinski definition) is 2. The highest BCUT2D eigenvalue weighted by molar-refractivity contribution is 7.99. The number of nitrogens with zero attached hydrogens (tertiary/aromatic N) is 1. The number of hydrogen-bond acceptors (Lipinski definition) is 5. The number of fused-ring (bicyclic) bond motifs is 1. The highest BCUT2D eigenvalue weighted by atomic mass is 32.2. The Balaban J connectivity index is 1.69. The molecule has 0 spiro atoms. The van der Waals surface area contributed by atoms with Gasteiger partial charge in [0.15, 0.2) is 5.58 Å². The summed E-state index contributed by atoms with van der Waals surface area (Å²) in [5.41, 5.74) is 1.83. The Hall–Kier alpha value is -1.73. The summed E-state index contributed by atoms with van der Waals surface area (Å²) in [4.78, 5) is 23.5. The molecule has 3 rings (SSSR count). The molecule has 7 heteroatoms. The molecule has 0 radical (unpaired) electrons. The number of oxazole rings is 1. The number of aryl methyl sites for hydroxylation is 1. The topological polar surface area (TPSA) is 76.3 Å². The number of aromatic nitrogens is 1.